The molecule has 0 spiro atoms. The summed E-state index contributed by atoms with van der Waals surface area (Å²) in [5, 5.41) is 0. The molecule has 0 aliphatic heterocycles. The molecule has 1 atom stereocenters. The van der Waals surface area contributed by atoms with Gasteiger partial charge in [-0.15, -0.1) is 0 Å². The van der Waals surface area contributed by atoms with E-state index in [1.54, 1.807) is 0 Å². The van der Waals surface area contributed by atoms with Crippen LogP contribution in [0.4, 0.5) is 0 Å². The van der Waals surface area contributed by atoms with Crippen LogP contribution in [0, 0.1) is 0 Å². The van der Waals surface area contributed by atoms with Crippen molar-refractivity contribution in [1.82, 2.24) is 0 Å². The average molecular weight is 157 g/mol. The second-order valence-corrected chi connectivity index (χ2v) is 2.06. The Bertz CT molecular complexity index is 173. The standard InChI is InChI=1S/C7H11NO3/c1-3-6(8-5-9)4-7(10)11-2/h6H,3-4H2,1-2H3. The number of rotatable bonds is 4. The number of hydrogen-bond donors (Lipinski definition) is 0. The lowest BCUT2D eigenvalue weighted by Gasteiger charge is -2.03. The molecule has 62 valence electrons. The highest BCUT2D eigenvalue weighted by Crippen LogP contribution is 2.02. The van der Waals surface area contributed by atoms with Crippen LogP contribution >= 0.6 is 0 Å². The van der Waals surface area contributed by atoms with Crippen molar-refractivity contribution >= 4 is 12.0 Å². The molecule has 0 aromatic heterocycles. The number of carbonyl (C=O) groups excluding carboxylic acids is 2. The van der Waals surface area contributed by atoms with Gasteiger partial charge in [-0.25, -0.2) is 9.79 Å². The molecule has 4 nitrogen and oxygen atoms in total. The van der Waals surface area contributed by atoms with Gasteiger partial charge >= 0.3 is 5.97 Å². The fraction of sp³-hybridized carbons (Fsp3) is 0.714. The van der Waals surface area contributed by atoms with Crippen molar-refractivity contribution in [3.05, 3.63) is 0 Å². The molecule has 0 bridgehead atoms. The predicted octanol–water partition coefficient (Wildman–Crippen LogP) is 0.664. The first-order valence-electron chi connectivity index (χ1n) is 3.38. The van der Waals surface area contributed by atoms with Gasteiger partial charge in [0.2, 0.25) is 6.08 Å². The summed E-state index contributed by atoms with van der Waals surface area (Å²) in [7, 11) is 1.31. The molecule has 0 saturated heterocycles. The van der Waals surface area contributed by atoms with Crippen molar-refractivity contribution in [2.24, 2.45) is 4.99 Å². The summed E-state index contributed by atoms with van der Waals surface area (Å²) < 4.78 is 4.40. The summed E-state index contributed by atoms with van der Waals surface area (Å²) in [5.41, 5.74) is 0. The Morgan fingerprint density at radius 3 is 2.73 bits per heavy atom. The third-order valence-corrected chi connectivity index (χ3v) is 1.34. The quantitative estimate of drug-likeness (QED) is 0.342. The second kappa shape index (κ2) is 5.62. The van der Waals surface area contributed by atoms with E-state index >= 15 is 0 Å². The minimum Gasteiger partial charge on any atom is -0.469 e. The van der Waals surface area contributed by atoms with Gasteiger partial charge in [-0.1, -0.05) is 6.92 Å². The predicted molar refractivity (Wildman–Crippen MR) is 38.8 cm³/mol. The summed E-state index contributed by atoms with van der Waals surface area (Å²) in [6.07, 6.45) is 2.21. The third-order valence-electron chi connectivity index (χ3n) is 1.34. The first-order chi connectivity index (χ1) is 5.24. The van der Waals surface area contributed by atoms with Crippen molar-refractivity contribution in [3.63, 3.8) is 0 Å². The first-order valence-corrected chi connectivity index (χ1v) is 3.38. The van der Waals surface area contributed by atoms with Gasteiger partial charge in [0.05, 0.1) is 19.6 Å². The molecule has 0 rings (SSSR count). The van der Waals surface area contributed by atoms with E-state index in [1.165, 1.54) is 13.2 Å². The summed E-state index contributed by atoms with van der Waals surface area (Å²) >= 11 is 0. The monoisotopic (exact) mass is 157 g/mol. The molecule has 0 N–H and O–H groups in total. The van der Waals surface area contributed by atoms with E-state index in [0.717, 1.165) is 0 Å². The van der Waals surface area contributed by atoms with Gasteiger partial charge in [0, 0.05) is 0 Å². The van der Waals surface area contributed by atoms with Gasteiger partial charge in [-0.3, -0.25) is 4.79 Å². The maximum absolute atomic E-state index is 10.6. The molecule has 4 heteroatoms. The Kier molecular flexibility index (Phi) is 5.03. The summed E-state index contributed by atoms with van der Waals surface area (Å²) in [6, 6.07) is -0.278. The van der Waals surface area contributed by atoms with Gasteiger partial charge < -0.3 is 4.74 Å². The maximum Gasteiger partial charge on any atom is 0.307 e. The Balaban J connectivity index is 3.87. The number of hydrogen-bond acceptors (Lipinski definition) is 4. The molecule has 0 aliphatic carbocycles. The number of ether oxygens (including phenoxy) is 1. The largest absolute Gasteiger partial charge is 0.469 e. The van der Waals surface area contributed by atoms with Crippen LogP contribution in [0.5, 0.6) is 0 Å². The van der Waals surface area contributed by atoms with Gasteiger partial charge in [0.15, 0.2) is 0 Å². The third kappa shape index (κ3) is 4.28. The molecule has 0 fully saturated rings. The number of methoxy groups -OCH3 is 1. The summed E-state index contributed by atoms with van der Waals surface area (Å²) in [6.45, 7) is 1.84. The molecule has 0 radical (unpaired) electrons. The smallest absolute Gasteiger partial charge is 0.307 e. The lowest BCUT2D eigenvalue weighted by Crippen LogP contribution is -2.11. The van der Waals surface area contributed by atoms with Crippen molar-refractivity contribution in [2.45, 2.75) is 25.8 Å². The van der Waals surface area contributed by atoms with Gasteiger partial charge in [0.25, 0.3) is 0 Å². The van der Waals surface area contributed by atoms with Crippen LogP contribution in [0.25, 0.3) is 0 Å². The molecule has 0 aliphatic rings. The van der Waals surface area contributed by atoms with Gasteiger partial charge in [-0.05, 0) is 6.42 Å². The molecular formula is C7H11NO3. The van der Waals surface area contributed by atoms with Gasteiger partial charge in [-0.2, -0.15) is 0 Å². The minimum absolute atomic E-state index is 0.155. The SMILES string of the molecule is CCC(CC(=O)OC)N=C=O. The van der Waals surface area contributed by atoms with Crippen molar-refractivity contribution in [2.75, 3.05) is 7.11 Å². The van der Waals surface area contributed by atoms with Crippen LogP contribution in [-0.4, -0.2) is 25.2 Å². The number of isocyanates is 1. The van der Waals surface area contributed by atoms with Crippen LogP contribution in [-0.2, 0) is 14.3 Å². The van der Waals surface area contributed by atoms with E-state index in [9.17, 15) is 9.59 Å². The zero-order valence-electron chi connectivity index (χ0n) is 6.66. The lowest BCUT2D eigenvalue weighted by molar-refractivity contribution is -0.140. The molecule has 0 aromatic rings. The second-order valence-electron chi connectivity index (χ2n) is 2.06. The van der Waals surface area contributed by atoms with E-state index < -0.39 is 0 Å². The molecule has 0 aromatic carbocycles. The highest BCUT2D eigenvalue weighted by Gasteiger charge is 2.09. The van der Waals surface area contributed by atoms with Crippen LogP contribution in [0.3, 0.4) is 0 Å². The number of esters is 1. The normalized spacial score (nSPS) is 11.5. The fourth-order valence-corrected chi connectivity index (χ4v) is 0.632. The van der Waals surface area contributed by atoms with E-state index in [1.807, 2.05) is 6.92 Å². The van der Waals surface area contributed by atoms with Gasteiger partial charge in [0.1, 0.15) is 0 Å². The first kappa shape index (κ1) is 9.85. The van der Waals surface area contributed by atoms with E-state index in [0.29, 0.717) is 6.42 Å². The average Bonchev–Trinajstić information content (AvgIpc) is 2.03. The van der Waals surface area contributed by atoms with Crippen molar-refractivity contribution in [1.29, 1.82) is 0 Å². The number of aliphatic imine (C=N–C) groups is 1. The Morgan fingerprint density at radius 2 is 2.36 bits per heavy atom. The molecule has 0 heterocycles. The topological polar surface area (TPSA) is 55.7 Å². The van der Waals surface area contributed by atoms with Crippen LogP contribution in [0.2, 0.25) is 0 Å². The molecule has 1 unspecified atom stereocenters. The highest BCUT2D eigenvalue weighted by atomic mass is 16.5. The fourth-order valence-electron chi connectivity index (χ4n) is 0.632. The molecular weight excluding hydrogens is 146 g/mol. The zero-order valence-corrected chi connectivity index (χ0v) is 6.66. The lowest BCUT2D eigenvalue weighted by atomic mass is 10.2. The number of nitrogens with zero attached hydrogens (tertiary/aromatic N) is 1. The highest BCUT2D eigenvalue weighted by molar-refractivity contribution is 5.70. The van der Waals surface area contributed by atoms with Crippen molar-refractivity contribution in [3.8, 4) is 0 Å². The van der Waals surface area contributed by atoms with Crippen molar-refractivity contribution < 1.29 is 14.3 Å². The molecule has 11 heavy (non-hydrogen) atoms. The van der Waals surface area contributed by atoms with Crippen LogP contribution < -0.4 is 0 Å². The van der Waals surface area contributed by atoms with Crippen LogP contribution in [0.15, 0.2) is 4.99 Å². The van der Waals surface area contributed by atoms with E-state index in [4.69, 9.17) is 0 Å². The Hall–Kier alpha value is -1.15. The zero-order chi connectivity index (χ0) is 8.69. The minimum atomic E-state index is -0.351. The Morgan fingerprint density at radius 1 is 1.73 bits per heavy atom. The maximum atomic E-state index is 10.6. The Labute approximate surface area is 65.3 Å². The molecule has 0 saturated carbocycles. The van der Waals surface area contributed by atoms with E-state index in [2.05, 4.69) is 9.73 Å². The van der Waals surface area contributed by atoms with E-state index in [-0.39, 0.29) is 18.4 Å². The summed E-state index contributed by atoms with van der Waals surface area (Å²) in [5.74, 6) is -0.351. The van der Waals surface area contributed by atoms with Crippen LogP contribution in [0.1, 0.15) is 19.8 Å². The molecule has 0 amide bonds. The number of carbonyl (C=O) groups is 1. The summed E-state index contributed by atoms with van der Waals surface area (Å²) in [4.78, 5) is 23.9.